The number of benzene rings is 1. The lowest BCUT2D eigenvalue weighted by atomic mass is 10.2. The van der Waals surface area contributed by atoms with E-state index in [4.69, 9.17) is 5.11 Å². The van der Waals surface area contributed by atoms with Crippen LogP contribution in [0.1, 0.15) is 5.56 Å². The van der Waals surface area contributed by atoms with Crippen molar-refractivity contribution in [1.29, 1.82) is 0 Å². The minimum atomic E-state index is -3.27. The molecule has 0 amide bonds. The van der Waals surface area contributed by atoms with Crippen LogP contribution >= 0.6 is 0 Å². The third-order valence-corrected chi connectivity index (χ3v) is 1.67. The first-order valence-electron chi connectivity index (χ1n) is 4.25. The summed E-state index contributed by atoms with van der Waals surface area (Å²) in [4.78, 5) is 10.2. The quantitative estimate of drug-likeness (QED) is 0.660. The number of ether oxygens (including phenoxy) is 1. The van der Waals surface area contributed by atoms with Crippen molar-refractivity contribution in [1.82, 2.24) is 0 Å². The zero-order chi connectivity index (χ0) is 13.0. The summed E-state index contributed by atoms with van der Waals surface area (Å²) in [6, 6.07) is 0.982. The van der Waals surface area contributed by atoms with E-state index in [2.05, 4.69) is 4.74 Å². The second-order valence-electron chi connectivity index (χ2n) is 2.85. The fourth-order valence-corrected chi connectivity index (χ4v) is 1.02. The molecule has 0 aromatic heterocycles. The molecule has 0 unspecified atom stereocenters. The summed E-state index contributed by atoms with van der Waals surface area (Å²) in [5.41, 5.74) is -0.383. The second-order valence-corrected chi connectivity index (χ2v) is 2.85. The van der Waals surface area contributed by atoms with Crippen molar-refractivity contribution in [2.24, 2.45) is 0 Å². The summed E-state index contributed by atoms with van der Waals surface area (Å²) in [5, 5.41) is 8.28. The number of alkyl halides is 2. The van der Waals surface area contributed by atoms with Gasteiger partial charge in [-0.25, -0.2) is 13.6 Å². The molecule has 0 bridgehead atoms. The van der Waals surface area contributed by atoms with Crippen LogP contribution < -0.4 is 4.74 Å². The number of hydrogen-bond donors (Lipinski definition) is 1. The van der Waals surface area contributed by atoms with E-state index < -0.39 is 30.0 Å². The smallest absolute Gasteiger partial charge is 0.387 e. The maximum atomic E-state index is 13.2. The Morgan fingerprint density at radius 1 is 1.29 bits per heavy atom. The predicted octanol–water partition coefficient (Wildman–Crippen LogP) is 2.66. The van der Waals surface area contributed by atoms with Crippen molar-refractivity contribution in [2.75, 3.05) is 0 Å². The van der Waals surface area contributed by atoms with E-state index >= 15 is 0 Å². The maximum absolute atomic E-state index is 13.2. The SMILES string of the molecule is O=C(O)/C=C/c1cc(F)c(OC(F)F)cc1F. The summed E-state index contributed by atoms with van der Waals surface area (Å²) in [6.07, 6.45) is 1.39. The van der Waals surface area contributed by atoms with Gasteiger partial charge in [-0.2, -0.15) is 8.78 Å². The van der Waals surface area contributed by atoms with Crippen LogP contribution in [-0.4, -0.2) is 17.7 Å². The first kappa shape index (κ1) is 13.0. The average Bonchev–Trinajstić information content (AvgIpc) is 2.20. The van der Waals surface area contributed by atoms with Crippen molar-refractivity contribution >= 4 is 12.0 Å². The monoisotopic (exact) mass is 250 g/mol. The van der Waals surface area contributed by atoms with Gasteiger partial charge in [-0.05, 0) is 12.1 Å². The van der Waals surface area contributed by atoms with E-state index in [1.807, 2.05) is 0 Å². The maximum Gasteiger partial charge on any atom is 0.387 e. The minimum Gasteiger partial charge on any atom is -0.478 e. The number of carboxylic acids is 1. The highest BCUT2D eigenvalue weighted by Crippen LogP contribution is 2.23. The molecule has 1 rings (SSSR count). The molecule has 7 heteroatoms. The van der Waals surface area contributed by atoms with Gasteiger partial charge in [-0.15, -0.1) is 0 Å². The molecular weight excluding hydrogens is 244 g/mol. The van der Waals surface area contributed by atoms with E-state index in [0.717, 1.165) is 6.08 Å². The van der Waals surface area contributed by atoms with Crippen molar-refractivity contribution in [2.45, 2.75) is 6.61 Å². The van der Waals surface area contributed by atoms with E-state index in [1.54, 1.807) is 0 Å². The van der Waals surface area contributed by atoms with Crippen LogP contribution in [0.2, 0.25) is 0 Å². The molecule has 0 saturated heterocycles. The van der Waals surface area contributed by atoms with Crippen LogP contribution in [0.5, 0.6) is 5.75 Å². The fraction of sp³-hybridized carbons (Fsp3) is 0.100. The van der Waals surface area contributed by atoms with Gasteiger partial charge in [0.05, 0.1) is 0 Å². The summed E-state index contributed by atoms with van der Waals surface area (Å²) < 4.78 is 53.6. The summed E-state index contributed by atoms with van der Waals surface area (Å²) >= 11 is 0. The van der Waals surface area contributed by atoms with Gasteiger partial charge in [0.2, 0.25) is 0 Å². The molecule has 0 fully saturated rings. The van der Waals surface area contributed by atoms with Crippen LogP contribution in [0.25, 0.3) is 6.08 Å². The lowest BCUT2D eigenvalue weighted by Crippen LogP contribution is -2.04. The Kier molecular flexibility index (Phi) is 4.08. The molecule has 0 aliphatic heterocycles. The molecule has 92 valence electrons. The van der Waals surface area contributed by atoms with Crippen molar-refractivity contribution in [3.8, 4) is 5.75 Å². The zero-order valence-electron chi connectivity index (χ0n) is 8.16. The Morgan fingerprint density at radius 3 is 2.47 bits per heavy atom. The molecule has 1 aromatic rings. The highest BCUT2D eigenvalue weighted by molar-refractivity contribution is 5.85. The van der Waals surface area contributed by atoms with Crippen molar-refractivity contribution in [3.05, 3.63) is 35.4 Å². The summed E-state index contributed by atoms with van der Waals surface area (Å²) in [5.74, 6) is -4.57. The normalized spacial score (nSPS) is 11.1. The summed E-state index contributed by atoms with van der Waals surface area (Å²) in [7, 11) is 0. The van der Waals surface area contributed by atoms with Crippen LogP contribution in [0, 0.1) is 11.6 Å². The first-order valence-corrected chi connectivity index (χ1v) is 4.25. The molecule has 1 N–H and O–H groups in total. The molecule has 0 radical (unpaired) electrons. The summed E-state index contributed by atoms with van der Waals surface area (Å²) in [6.45, 7) is -3.27. The number of hydrogen-bond acceptors (Lipinski definition) is 2. The third-order valence-electron chi connectivity index (χ3n) is 1.67. The van der Waals surface area contributed by atoms with Gasteiger partial charge < -0.3 is 9.84 Å². The van der Waals surface area contributed by atoms with Gasteiger partial charge in [0.25, 0.3) is 0 Å². The van der Waals surface area contributed by atoms with E-state index in [-0.39, 0.29) is 5.56 Å². The van der Waals surface area contributed by atoms with Crippen molar-refractivity contribution < 1.29 is 32.2 Å². The molecule has 0 saturated carbocycles. The number of aliphatic carboxylic acids is 1. The zero-order valence-corrected chi connectivity index (χ0v) is 8.16. The van der Waals surface area contributed by atoms with Crippen molar-refractivity contribution in [3.63, 3.8) is 0 Å². The Hall–Kier alpha value is -2.05. The van der Waals surface area contributed by atoms with E-state index in [0.29, 0.717) is 18.2 Å². The predicted molar refractivity (Wildman–Crippen MR) is 49.7 cm³/mol. The van der Waals surface area contributed by atoms with Gasteiger partial charge in [-0.1, -0.05) is 0 Å². The van der Waals surface area contributed by atoms with Crippen LogP contribution in [0.4, 0.5) is 17.6 Å². The Balaban J connectivity index is 3.05. The van der Waals surface area contributed by atoms with Gasteiger partial charge in [0.15, 0.2) is 11.6 Å². The van der Waals surface area contributed by atoms with E-state index in [1.165, 1.54) is 0 Å². The van der Waals surface area contributed by atoms with Gasteiger partial charge in [0.1, 0.15) is 5.82 Å². The molecule has 0 aliphatic rings. The fourth-order valence-electron chi connectivity index (χ4n) is 1.02. The third kappa shape index (κ3) is 3.78. The Bertz CT molecular complexity index is 457. The number of halogens is 4. The molecular formula is C10H6F4O3. The Morgan fingerprint density at radius 2 is 1.94 bits per heavy atom. The van der Waals surface area contributed by atoms with Gasteiger partial charge in [0, 0.05) is 17.7 Å². The van der Waals surface area contributed by atoms with Crippen LogP contribution in [-0.2, 0) is 4.79 Å². The Labute approximate surface area is 92.9 Å². The molecule has 1 aromatic carbocycles. The highest BCUT2D eigenvalue weighted by Gasteiger charge is 2.13. The topological polar surface area (TPSA) is 46.5 Å². The number of rotatable bonds is 4. The van der Waals surface area contributed by atoms with Gasteiger partial charge >= 0.3 is 12.6 Å². The largest absolute Gasteiger partial charge is 0.478 e. The molecule has 0 aliphatic carbocycles. The molecule has 17 heavy (non-hydrogen) atoms. The molecule has 0 heterocycles. The second kappa shape index (κ2) is 5.33. The first-order chi connectivity index (χ1) is 7.90. The number of carboxylic acid groups (broad SMARTS) is 1. The lowest BCUT2D eigenvalue weighted by molar-refractivity contribution is -0.131. The van der Waals surface area contributed by atoms with E-state index in [9.17, 15) is 22.4 Å². The van der Waals surface area contributed by atoms with Crippen LogP contribution in [0.15, 0.2) is 18.2 Å². The highest BCUT2D eigenvalue weighted by atomic mass is 19.3. The van der Waals surface area contributed by atoms with Gasteiger partial charge in [-0.3, -0.25) is 0 Å². The minimum absolute atomic E-state index is 0.383. The lowest BCUT2D eigenvalue weighted by Gasteiger charge is -2.06. The molecule has 0 atom stereocenters. The van der Waals surface area contributed by atoms with Crippen LogP contribution in [0.3, 0.4) is 0 Å². The molecule has 3 nitrogen and oxygen atoms in total. The average molecular weight is 250 g/mol. The standard InChI is InChI=1S/C10H6F4O3/c11-6-4-8(17-10(13)14)7(12)3-5(6)1-2-9(15)16/h1-4,10H,(H,15,16)/b2-1+. The number of carbonyl (C=O) groups is 1. The molecule has 0 spiro atoms.